The molecule has 0 unspecified atom stereocenters. The number of thiophene rings is 4. The molecule has 6 aromatic rings. The average Bonchev–Trinajstić information content (AvgIpc) is 4.09. The zero-order valence-electron chi connectivity index (χ0n) is 36.9. The lowest BCUT2D eigenvalue weighted by Crippen LogP contribution is -2.48. The molecule has 0 bridgehead atoms. The van der Waals surface area contributed by atoms with Crippen LogP contribution < -0.4 is 4.74 Å². The van der Waals surface area contributed by atoms with Crippen molar-refractivity contribution < 1.29 is 31.1 Å². The molecule has 0 fully saturated rings. The van der Waals surface area contributed by atoms with Gasteiger partial charge < -0.3 is 4.74 Å². The van der Waals surface area contributed by atoms with Gasteiger partial charge in [-0.3, -0.25) is 0 Å². The van der Waals surface area contributed by atoms with E-state index in [4.69, 9.17) is 15.3 Å². The van der Waals surface area contributed by atoms with E-state index in [9.17, 15) is 0 Å². The minimum atomic E-state index is -5.77. The number of allylic oxidation sites excluding steroid dienone is 2. The van der Waals surface area contributed by atoms with Crippen molar-refractivity contribution in [2.24, 2.45) is 0 Å². The van der Waals surface area contributed by atoms with Crippen LogP contribution in [0, 0.1) is 22.7 Å². The van der Waals surface area contributed by atoms with Crippen LogP contribution in [0.2, 0.25) is 0 Å². The van der Waals surface area contributed by atoms with Crippen LogP contribution in [0.1, 0.15) is 101 Å². The molecule has 2 aromatic carbocycles. The van der Waals surface area contributed by atoms with Gasteiger partial charge in [0.1, 0.15) is 5.75 Å². The minimum Gasteiger partial charge on any atom is -0.494 e. The van der Waals surface area contributed by atoms with Gasteiger partial charge in [0.05, 0.1) is 18.7 Å². The van der Waals surface area contributed by atoms with Gasteiger partial charge in [0.15, 0.2) is 0 Å². The number of benzene rings is 2. The summed E-state index contributed by atoms with van der Waals surface area (Å²) in [6.07, 6.45) is 3.73. The highest BCUT2D eigenvalue weighted by molar-refractivity contribution is 7.99. The van der Waals surface area contributed by atoms with Gasteiger partial charge in [-0.25, -0.2) is 0 Å². The van der Waals surface area contributed by atoms with E-state index in [1.807, 2.05) is 77.9 Å². The molecule has 4 aromatic heterocycles. The highest BCUT2D eigenvalue weighted by Gasteiger charge is 2.80. The lowest BCUT2D eigenvalue weighted by Gasteiger charge is -2.26. The summed E-state index contributed by atoms with van der Waals surface area (Å²) in [4.78, 5) is 5.61. The van der Waals surface area contributed by atoms with Gasteiger partial charge in [0.2, 0.25) is 0 Å². The second-order valence-electron chi connectivity index (χ2n) is 18.0. The summed E-state index contributed by atoms with van der Waals surface area (Å²) in [5.74, 6) is -15.1. The van der Waals surface area contributed by atoms with Crippen molar-refractivity contribution in [3.8, 4) is 58.3 Å². The van der Waals surface area contributed by atoms with Crippen molar-refractivity contribution in [2.75, 3.05) is 12.4 Å². The quantitative estimate of drug-likeness (QED) is 0.0551. The van der Waals surface area contributed by atoms with Crippen LogP contribution in [-0.2, 0) is 10.8 Å². The van der Waals surface area contributed by atoms with Gasteiger partial charge >= 0.3 is 17.8 Å². The monoisotopic (exact) mass is 978 g/mol. The summed E-state index contributed by atoms with van der Waals surface area (Å²) in [7, 11) is 0. The molecule has 0 saturated carbocycles. The topological polar surface area (TPSA) is 56.8 Å². The van der Waals surface area contributed by atoms with Crippen LogP contribution in [0.25, 0.3) is 51.5 Å². The van der Waals surface area contributed by atoms with E-state index in [1.54, 1.807) is 48.2 Å². The predicted molar refractivity (Wildman–Crippen MR) is 260 cm³/mol. The zero-order chi connectivity index (χ0) is 47.0. The molecule has 3 nitrogen and oxygen atoms in total. The van der Waals surface area contributed by atoms with E-state index >= 15 is 26.3 Å². The molecule has 340 valence electrons. The fourth-order valence-corrected chi connectivity index (χ4v) is 12.9. The Morgan fingerprint density at radius 2 is 1.00 bits per heavy atom. The number of hydrogen-bond acceptors (Lipinski definition) is 8. The van der Waals surface area contributed by atoms with Crippen molar-refractivity contribution in [2.45, 2.75) is 114 Å². The zero-order valence-corrected chi connectivity index (χ0v) is 40.9. The van der Waals surface area contributed by atoms with Crippen molar-refractivity contribution in [1.29, 1.82) is 10.5 Å². The molecule has 0 saturated heterocycles. The van der Waals surface area contributed by atoms with Crippen LogP contribution in [0.5, 0.6) is 5.75 Å². The highest BCUT2D eigenvalue weighted by atomic mass is 32.2. The largest absolute Gasteiger partial charge is 0.494 e. The first kappa shape index (κ1) is 48.6. The predicted octanol–water partition coefficient (Wildman–Crippen LogP) is 17.9. The SMILES string of the molecule is CC(C)(C)c1ccc(-c2cc(C3=C(c4cc(-c5ccc(C(C)(C)C)s5)sc4-c4ccc(SCCCCC#N)cc4)C(F)(F)C(F)(F)C3(F)F)c(-c3ccc(OCCCCC#N)cc3)s2)s1. The average molecular weight is 979 g/mol. The van der Waals surface area contributed by atoms with Crippen LogP contribution in [0.15, 0.2) is 89.8 Å². The fourth-order valence-electron chi connectivity index (χ4n) is 7.40. The second kappa shape index (κ2) is 19.1. The summed E-state index contributed by atoms with van der Waals surface area (Å²) in [6, 6.07) is 28.2. The van der Waals surface area contributed by atoms with Crippen LogP contribution >= 0.6 is 57.1 Å². The Labute approximate surface area is 397 Å². The number of halogens is 6. The Kier molecular flexibility index (Phi) is 14.3. The van der Waals surface area contributed by atoms with Crippen molar-refractivity contribution in [1.82, 2.24) is 0 Å². The first-order valence-electron chi connectivity index (χ1n) is 21.3. The van der Waals surface area contributed by atoms with Crippen LogP contribution in [-0.4, -0.2) is 30.1 Å². The van der Waals surface area contributed by atoms with Gasteiger partial charge in [0.25, 0.3) is 0 Å². The number of hydrogen-bond donors (Lipinski definition) is 0. The van der Waals surface area contributed by atoms with E-state index in [2.05, 4.69) is 12.1 Å². The van der Waals surface area contributed by atoms with E-state index in [0.717, 1.165) is 55.9 Å². The standard InChI is InChI=1S/C51H48F6N2OS5/c1-47(2,3)41-23-21-37(62-41)39-29-35(45(64-39)31-13-17-33(18-14-31)60-27-11-7-9-25-58)43-44(50(54,55)51(56,57)49(43,52)53)36-30-40(38-22-24-42(63-38)48(4,5)6)65-46(36)32-15-19-34(20-16-32)61-28-12-8-10-26-59/h13-24,29-30H,7-12,27-28H2,1-6H3. The maximum Gasteiger partial charge on any atom is 0.380 e. The maximum absolute atomic E-state index is 17.0. The Balaban J connectivity index is 1.44. The molecule has 65 heavy (non-hydrogen) atoms. The third kappa shape index (κ3) is 9.90. The number of ether oxygens (including phenoxy) is 1. The Morgan fingerprint density at radius 1 is 0.554 bits per heavy atom. The first-order valence-corrected chi connectivity index (χ1v) is 25.5. The molecule has 0 aliphatic heterocycles. The summed E-state index contributed by atoms with van der Waals surface area (Å²) >= 11 is 6.67. The molecule has 0 spiro atoms. The number of nitrogens with zero attached hydrogens (tertiary/aromatic N) is 2. The smallest absolute Gasteiger partial charge is 0.380 e. The molecule has 0 N–H and O–H groups in total. The lowest BCUT2D eigenvalue weighted by atomic mass is 9.92. The maximum atomic E-state index is 17.0. The van der Waals surface area contributed by atoms with Crippen molar-refractivity contribution in [3.05, 3.63) is 106 Å². The van der Waals surface area contributed by atoms with Gasteiger partial charge in [-0.15, -0.1) is 57.1 Å². The van der Waals surface area contributed by atoms with Crippen LogP contribution in [0.3, 0.4) is 0 Å². The molecule has 1 aliphatic rings. The summed E-state index contributed by atoms with van der Waals surface area (Å²) in [6.45, 7) is 12.6. The third-order valence-electron chi connectivity index (χ3n) is 11.0. The number of nitriles is 2. The third-order valence-corrected chi connectivity index (χ3v) is 17.9. The molecule has 4 heterocycles. The van der Waals surface area contributed by atoms with Gasteiger partial charge in [-0.1, -0.05) is 53.7 Å². The lowest BCUT2D eigenvalue weighted by molar-refractivity contribution is -0.254. The number of thioether (sulfide) groups is 1. The highest BCUT2D eigenvalue weighted by Crippen LogP contribution is 2.67. The fraction of sp³-hybridized carbons (Fsp3) is 0.373. The molecule has 7 rings (SSSR count). The summed E-state index contributed by atoms with van der Waals surface area (Å²) in [5.41, 5.74) is -3.21. The first-order chi connectivity index (χ1) is 30.7. The van der Waals surface area contributed by atoms with E-state index in [-0.39, 0.29) is 31.7 Å². The number of alkyl halides is 6. The second-order valence-corrected chi connectivity index (χ2v) is 23.4. The van der Waals surface area contributed by atoms with Gasteiger partial charge in [-0.05, 0) is 126 Å². The molecule has 0 atom stereocenters. The van der Waals surface area contributed by atoms with Gasteiger partial charge in [-0.2, -0.15) is 36.9 Å². The Bertz CT molecular complexity index is 2560. The van der Waals surface area contributed by atoms with Crippen molar-refractivity contribution in [3.63, 3.8) is 0 Å². The minimum absolute atomic E-state index is 0.146. The van der Waals surface area contributed by atoms with E-state index in [0.29, 0.717) is 68.7 Å². The molecular formula is C51H48F6N2OS5. The Morgan fingerprint density at radius 3 is 1.43 bits per heavy atom. The van der Waals surface area contributed by atoms with E-state index < -0.39 is 28.9 Å². The number of rotatable bonds is 16. The van der Waals surface area contributed by atoms with Crippen LogP contribution in [0.4, 0.5) is 26.3 Å². The summed E-state index contributed by atoms with van der Waals surface area (Å²) in [5, 5.41) is 17.8. The molecule has 0 amide bonds. The molecule has 1 aliphatic carbocycles. The summed E-state index contributed by atoms with van der Waals surface area (Å²) < 4.78 is 106. The Hall–Kier alpha value is -4.31. The number of unbranched alkanes of at least 4 members (excludes halogenated alkanes) is 4. The van der Waals surface area contributed by atoms with E-state index in [1.165, 1.54) is 34.8 Å². The van der Waals surface area contributed by atoms with Gasteiger partial charge in [0, 0.05) is 79.0 Å². The van der Waals surface area contributed by atoms with Crippen molar-refractivity contribution >= 4 is 68.3 Å². The normalized spacial score (nSPS) is 15.6. The molecular weight excluding hydrogens is 931 g/mol. The molecule has 14 heteroatoms. The molecule has 0 radical (unpaired) electrons.